The highest BCUT2D eigenvalue weighted by Crippen LogP contribution is 2.29. The van der Waals surface area contributed by atoms with E-state index in [4.69, 9.17) is 0 Å². The maximum Gasteiger partial charge on any atom is 0.573 e. The average molecular weight is 504 g/mol. The molecule has 1 aromatic rings. The molecule has 11 heteroatoms. The Morgan fingerprint density at radius 3 is 2.06 bits per heavy atom. The van der Waals surface area contributed by atoms with Gasteiger partial charge in [-0.25, -0.2) is 13.1 Å². The van der Waals surface area contributed by atoms with Crippen LogP contribution in [0.15, 0.2) is 29.2 Å². The van der Waals surface area contributed by atoms with Gasteiger partial charge in [0.15, 0.2) is 0 Å². The molecule has 1 saturated heterocycles. The van der Waals surface area contributed by atoms with E-state index in [0.717, 1.165) is 50.4 Å². The molecular formula is C23H32F3N3O4S. The number of piperazine rings is 1. The number of carbonyl (C=O) groups excluding carboxylic acids is 1. The summed E-state index contributed by atoms with van der Waals surface area (Å²) in [5, 5.41) is 0. The van der Waals surface area contributed by atoms with Gasteiger partial charge in [0.25, 0.3) is 0 Å². The maximum atomic E-state index is 13.0. The van der Waals surface area contributed by atoms with Gasteiger partial charge in [0.1, 0.15) is 5.75 Å². The minimum absolute atomic E-state index is 0.0856. The number of hydrogen-bond acceptors (Lipinski definition) is 5. The topological polar surface area (TPSA) is 78.9 Å². The second-order valence-electron chi connectivity index (χ2n) is 9.49. The first kappa shape index (κ1) is 25.2. The number of alkyl halides is 3. The van der Waals surface area contributed by atoms with E-state index in [0.29, 0.717) is 31.7 Å². The highest BCUT2D eigenvalue weighted by molar-refractivity contribution is 7.89. The largest absolute Gasteiger partial charge is 0.573 e. The van der Waals surface area contributed by atoms with Gasteiger partial charge in [-0.15, -0.1) is 13.2 Å². The maximum absolute atomic E-state index is 13.0. The molecule has 1 aromatic carbocycles. The molecule has 4 rings (SSSR count). The Morgan fingerprint density at radius 2 is 1.50 bits per heavy atom. The Kier molecular flexibility index (Phi) is 7.73. The van der Waals surface area contributed by atoms with Crippen molar-refractivity contribution in [3.05, 3.63) is 24.3 Å². The molecule has 0 spiro atoms. The predicted molar refractivity (Wildman–Crippen MR) is 120 cm³/mol. The molecule has 0 aromatic heterocycles. The summed E-state index contributed by atoms with van der Waals surface area (Å²) in [5.74, 6) is -0.389. The van der Waals surface area contributed by atoms with Crippen LogP contribution in [0.5, 0.6) is 5.75 Å². The fraction of sp³-hybridized carbons (Fsp3) is 0.696. The molecule has 0 bridgehead atoms. The van der Waals surface area contributed by atoms with E-state index in [1.165, 1.54) is 25.7 Å². The highest BCUT2D eigenvalue weighted by atomic mass is 32.2. The first-order chi connectivity index (χ1) is 16.1. The lowest BCUT2D eigenvalue weighted by molar-refractivity contribution is -0.274. The second-order valence-corrected chi connectivity index (χ2v) is 11.2. The molecule has 1 aliphatic heterocycles. The highest BCUT2D eigenvalue weighted by Gasteiger charge is 2.34. The van der Waals surface area contributed by atoms with Crippen LogP contribution in [0.2, 0.25) is 0 Å². The van der Waals surface area contributed by atoms with Crippen molar-refractivity contribution in [2.24, 2.45) is 5.92 Å². The number of rotatable bonds is 6. The van der Waals surface area contributed by atoms with Crippen LogP contribution in [0.4, 0.5) is 13.2 Å². The summed E-state index contributed by atoms with van der Waals surface area (Å²) in [6.45, 7) is 3.38. The number of benzene rings is 1. The third-order valence-electron chi connectivity index (χ3n) is 7.23. The lowest BCUT2D eigenvalue weighted by Gasteiger charge is -2.40. The summed E-state index contributed by atoms with van der Waals surface area (Å²) in [5.41, 5.74) is 0. The van der Waals surface area contributed by atoms with Gasteiger partial charge in [0.2, 0.25) is 15.9 Å². The Balaban J connectivity index is 1.24. The van der Waals surface area contributed by atoms with Gasteiger partial charge in [-0.3, -0.25) is 9.69 Å². The van der Waals surface area contributed by atoms with Crippen LogP contribution in [0.25, 0.3) is 0 Å². The van der Waals surface area contributed by atoms with E-state index in [9.17, 15) is 26.4 Å². The number of nitrogens with one attached hydrogen (secondary N) is 1. The second kappa shape index (κ2) is 10.4. The Morgan fingerprint density at radius 1 is 0.912 bits per heavy atom. The Labute approximate surface area is 198 Å². The first-order valence-electron chi connectivity index (χ1n) is 12.0. The van der Waals surface area contributed by atoms with E-state index >= 15 is 0 Å². The number of ether oxygens (including phenoxy) is 1. The molecule has 3 aliphatic rings. The minimum atomic E-state index is -4.84. The van der Waals surface area contributed by atoms with Crippen molar-refractivity contribution in [3.63, 3.8) is 0 Å². The van der Waals surface area contributed by atoms with Crippen molar-refractivity contribution in [1.82, 2.24) is 14.5 Å². The number of nitrogens with zero attached hydrogens (tertiary/aromatic N) is 2. The quantitative estimate of drug-likeness (QED) is 0.643. The number of carbonyl (C=O) groups is 1. The van der Waals surface area contributed by atoms with Crippen molar-refractivity contribution < 1.29 is 31.1 Å². The van der Waals surface area contributed by atoms with Crippen LogP contribution in [-0.4, -0.2) is 68.7 Å². The van der Waals surface area contributed by atoms with Gasteiger partial charge < -0.3 is 9.64 Å². The van der Waals surface area contributed by atoms with Crippen LogP contribution >= 0.6 is 0 Å². The first-order valence-corrected chi connectivity index (χ1v) is 13.5. The van der Waals surface area contributed by atoms with Crippen molar-refractivity contribution in [2.75, 3.05) is 26.2 Å². The summed E-state index contributed by atoms with van der Waals surface area (Å²) in [7, 11) is -3.88. The molecule has 0 radical (unpaired) electrons. The molecule has 7 nitrogen and oxygen atoms in total. The van der Waals surface area contributed by atoms with Crippen LogP contribution in [-0.2, 0) is 14.8 Å². The standard InChI is InChI=1S/C23H32F3N3O4S/c24-23(25,26)33-20-9-11-21(12-10-20)34(31,32)27-18-7-5-17(6-8-18)22(30)29-15-13-28(14-16-29)19-3-1-2-4-19/h9-12,17-19,27H,1-8,13-16H2. The molecule has 1 amide bonds. The number of sulfonamides is 1. The number of amides is 1. The SMILES string of the molecule is O=C(C1CCC(NS(=O)(=O)c2ccc(OC(F)(F)F)cc2)CC1)N1CCN(C2CCCC2)CC1. The summed E-state index contributed by atoms with van der Waals surface area (Å²) in [6, 6.07) is 4.50. The molecule has 190 valence electrons. The van der Waals surface area contributed by atoms with Crippen molar-refractivity contribution in [1.29, 1.82) is 0 Å². The third-order valence-corrected chi connectivity index (χ3v) is 8.77. The molecule has 2 saturated carbocycles. The average Bonchev–Trinajstić information content (AvgIpc) is 3.33. The fourth-order valence-electron chi connectivity index (χ4n) is 5.40. The lowest BCUT2D eigenvalue weighted by atomic mass is 9.85. The summed E-state index contributed by atoms with van der Waals surface area (Å²) >= 11 is 0. The van der Waals surface area contributed by atoms with Crippen molar-refractivity contribution >= 4 is 15.9 Å². The third kappa shape index (κ3) is 6.42. The zero-order chi connectivity index (χ0) is 24.3. The molecule has 1 N–H and O–H groups in total. The molecule has 0 unspecified atom stereocenters. The van der Waals surface area contributed by atoms with Crippen LogP contribution in [0.1, 0.15) is 51.4 Å². The van der Waals surface area contributed by atoms with Gasteiger partial charge in [-0.2, -0.15) is 0 Å². The molecular weight excluding hydrogens is 471 g/mol. The van der Waals surface area contributed by atoms with E-state index in [-0.39, 0.29) is 22.8 Å². The lowest BCUT2D eigenvalue weighted by Crippen LogP contribution is -2.53. The number of halogens is 3. The molecule has 34 heavy (non-hydrogen) atoms. The van der Waals surface area contributed by atoms with Crippen LogP contribution in [0.3, 0.4) is 0 Å². The van der Waals surface area contributed by atoms with E-state index in [1.54, 1.807) is 0 Å². The van der Waals surface area contributed by atoms with Crippen molar-refractivity contribution in [2.45, 2.75) is 74.7 Å². The number of hydrogen-bond donors (Lipinski definition) is 1. The van der Waals surface area contributed by atoms with E-state index < -0.39 is 22.1 Å². The van der Waals surface area contributed by atoms with E-state index in [2.05, 4.69) is 14.4 Å². The van der Waals surface area contributed by atoms with Crippen LogP contribution < -0.4 is 9.46 Å². The molecule has 2 aliphatic carbocycles. The zero-order valence-electron chi connectivity index (χ0n) is 19.1. The monoisotopic (exact) mass is 503 g/mol. The molecule has 3 fully saturated rings. The Bertz CT molecular complexity index is 933. The van der Waals surface area contributed by atoms with Gasteiger partial charge in [-0.05, 0) is 62.8 Å². The Hall–Kier alpha value is -1.85. The zero-order valence-corrected chi connectivity index (χ0v) is 19.9. The summed E-state index contributed by atoms with van der Waals surface area (Å²) in [4.78, 5) is 17.4. The van der Waals surface area contributed by atoms with Gasteiger partial charge in [-0.1, -0.05) is 12.8 Å². The van der Waals surface area contributed by atoms with Gasteiger partial charge in [0.05, 0.1) is 4.90 Å². The normalized spacial score (nSPS) is 25.4. The van der Waals surface area contributed by atoms with Crippen molar-refractivity contribution in [3.8, 4) is 5.75 Å². The molecule has 1 heterocycles. The van der Waals surface area contributed by atoms with Gasteiger partial charge >= 0.3 is 6.36 Å². The fourth-order valence-corrected chi connectivity index (χ4v) is 6.71. The predicted octanol–water partition coefficient (Wildman–Crippen LogP) is 3.51. The minimum Gasteiger partial charge on any atom is -0.406 e. The van der Waals surface area contributed by atoms with Gasteiger partial charge in [0, 0.05) is 44.2 Å². The molecule has 0 atom stereocenters. The van der Waals surface area contributed by atoms with E-state index in [1.807, 2.05) is 4.90 Å². The summed E-state index contributed by atoms with van der Waals surface area (Å²) < 4.78 is 68.6. The van der Waals surface area contributed by atoms with Crippen LogP contribution in [0, 0.1) is 5.92 Å². The summed E-state index contributed by atoms with van der Waals surface area (Å²) in [6.07, 6.45) is 2.63. The smallest absolute Gasteiger partial charge is 0.406 e.